The number of alkyl halides is 3. The van der Waals surface area contributed by atoms with Crippen LogP contribution in [0.5, 0.6) is 5.75 Å². The molecule has 1 unspecified atom stereocenters. The van der Waals surface area contributed by atoms with Crippen molar-refractivity contribution in [2.75, 3.05) is 26.2 Å². The molecule has 1 aromatic rings. The van der Waals surface area contributed by atoms with Crippen LogP contribution in [0.1, 0.15) is 24.8 Å². The predicted molar refractivity (Wildman–Crippen MR) is 88.0 cm³/mol. The van der Waals surface area contributed by atoms with Crippen molar-refractivity contribution in [1.29, 1.82) is 0 Å². The van der Waals surface area contributed by atoms with Gasteiger partial charge in [-0.15, -0.1) is 6.42 Å². The summed E-state index contributed by atoms with van der Waals surface area (Å²) in [6.07, 6.45) is 3.53. The highest BCUT2D eigenvalue weighted by Gasteiger charge is 2.34. The molecule has 1 aromatic carbocycles. The normalized spacial score (nSPS) is 18.4. The summed E-state index contributed by atoms with van der Waals surface area (Å²) in [5, 5.41) is 2.71. The Morgan fingerprint density at radius 1 is 1.36 bits per heavy atom. The van der Waals surface area contributed by atoms with E-state index < -0.39 is 11.7 Å². The number of amides is 1. The first-order valence-electron chi connectivity index (χ1n) is 8.17. The molecule has 4 nitrogen and oxygen atoms in total. The number of ether oxygens (including phenoxy) is 1. The molecular weight excluding hydrogens is 333 g/mol. The van der Waals surface area contributed by atoms with Crippen molar-refractivity contribution in [1.82, 2.24) is 10.2 Å². The number of nitrogens with one attached hydrogen (secondary N) is 1. The number of benzene rings is 1. The van der Waals surface area contributed by atoms with E-state index >= 15 is 0 Å². The van der Waals surface area contributed by atoms with Gasteiger partial charge in [0, 0.05) is 0 Å². The van der Waals surface area contributed by atoms with Crippen molar-refractivity contribution in [3.05, 3.63) is 29.8 Å². The predicted octanol–water partition coefficient (Wildman–Crippen LogP) is 2.69. The summed E-state index contributed by atoms with van der Waals surface area (Å²) in [5.74, 6) is 2.14. The lowest BCUT2D eigenvalue weighted by Gasteiger charge is -2.33. The molecule has 1 aliphatic rings. The number of piperidine rings is 1. The number of rotatable bonds is 6. The van der Waals surface area contributed by atoms with Gasteiger partial charge < -0.3 is 10.1 Å². The molecule has 136 valence electrons. The first-order valence-corrected chi connectivity index (χ1v) is 8.17. The van der Waals surface area contributed by atoms with Gasteiger partial charge in [-0.1, -0.05) is 24.5 Å². The maximum Gasteiger partial charge on any atom is 0.419 e. The van der Waals surface area contributed by atoms with Crippen molar-refractivity contribution >= 4 is 5.91 Å². The van der Waals surface area contributed by atoms with E-state index in [2.05, 4.69) is 11.2 Å². The van der Waals surface area contributed by atoms with Crippen LogP contribution in [0.15, 0.2) is 24.3 Å². The van der Waals surface area contributed by atoms with Gasteiger partial charge in [0.25, 0.3) is 0 Å². The number of para-hydroxylation sites is 1. The Morgan fingerprint density at radius 3 is 2.84 bits per heavy atom. The minimum atomic E-state index is -4.47. The Hall–Kier alpha value is -2.20. The summed E-state index contributed by atoms with van der Waals surface area (Å²) < 4.78 is 43.8. The van der Waals surface area contributed by atoms with Crippen LogP contribution in [0, 0.1) is 12.3 Å². The second kappa shape index (κ2) is 8.77. The zero-order valence-corrected chi connectivity index (χ0v) is 13.8. The minimum absolute atomic E-state index is 0.0410. The van der Waals surface area contributed by atoms with Crippen molar-refractivity contribution < 1.29 is 22.7 Å². The van der Waals surface area contributed by atoms with E-state index in [4.69, 9.17) is 11.2 Å². The number of nitrogens with zero attached hydrogens (tertiary/aromatic N) is 1. The van der Waals surface area contributed by atoms with Crippen molar-refractivity contribution in [2.45, 2.75) is 31.5 Å². The highest BCUT2D eigenvalue weighted by atomic mass is 19.4. The number of carbonyl (C=O) groups excluding carboxylic acids is 1. The molecule has 1 N–H and O–H groups in total. The average Bonchev–Trinajstić information content (AvgIpc) is 2.59. The highest BCUT2D eigenvalue weighted by Crippen LogP contribution is 2.35. The van der Waals surface area contributed by atoms with E-state index in [0.717, 1.165) is 31.9 Å². The van der Waals surface area contributed by atoms with Crippen LogP contribution in [-0.2, 0) is 11.0 Å². The SMILES string of the molecule is C#CCN1CCCCC1C(=O)NCCOc1ccccc1C(F)(F)F. The molecule has 0 spiro atoms. The summed E-state index contributed by atoms with van der Waals surface area (Å²) in [6.45, 7) is 1.28. The molecule has 1 aliphatic heterocycles. The van der Waals surface area contributed by atoms with Crippen LogP contribution in [0.3, 0.4) is 0 Å². The van der Waals surface area contributed by atoms with E-state index in [1.54, 1.807) is 0 Å². The summed E-state index contributed by atoms with van der Waals surface area (Å²) in [5.41, 5.74) is -0.825. The van der Waals surface area contributed by atoms with Gasteiger partial charge in [-0.3, -0.25) is 9.69 Å². The quantitative estimate of drug-likeness (QED) is 0.631. The Balaban J connectivity index is 1.83. The fraction of sp³-hybridized carbons (Fsp3) is 0.500. The molecule has 0 radical (unpaired) electrons. The fourth-order valence-electron chi connectivity index (χ4n) is 2.87. The molecule has 1 atom stereocenters. The molecule has 2 rings (SSSR count). The smallest absolute Gasteiger partial charge is 0.419 e. The molecular formula is C18H21F3N2O2. The lowest BCUT2D eigenvalue weighted by atomic mass is 10.0. The number of terminal acetylenes is 1. The van der Waals surface area contributed by atoms with Gasteiger partial charge in [-0.2, -0.15) is 13.2 Å². The molecule has 0 saturated carbocycles. The highest BCUT2D eigenvalue weighted by molar-refractivity contribution is 5.81. The topological polar surface area (TPSA) is 41.6 Å². The zero-order chi connectivity index (χ0) is 18.3. The van der Waals surface area contributed by atoms with Crippen LogP contribution in [-0.4, -0.2) is 43.1 Å². The number of hydrogen-bond donors (Lipinski definition) is 1. The van der Waals surface area contributed by atoms with E-state index in [-0.39, 0.29) is 30.9 Å². The molecule has 1 heterocycles. The zero-order valence-electron chi connectivity index (χ0n) is 13.8. The van der Waals surface area contributed by atoms with E-state index in [0.29, 0.717) is 6.54 Å². The number of hydrogen-bond acceptors (Lipinski definition) is 3. The standard InChI is InChI=1S/C18H21F3N2O2/c1-2-11-23-12-6-5-8-15(23)17(24)22-10-13-25-16-9-4-3-7-14(16)18(19,20)21/h1,3-4,7,9,15H,5-6,8,10-13H2,(H,22,24). The molecule has 0 aliphatic carbocycles. The van der Waals surface area contributed by atoms with Crippen LogP contribution in [0.25, 0.3) is 0 Å². The fourth-order valence-corrected chi connectivity index (χ4v) is 2.87. The van der Waals surface area contributed by atoms with Crippen molar-refractivity contribution in [2.24, 2.45) is 0 Å². The Morgan fingerprint density at radius 2 is 2.12 bits per heavy atom. The third kappa shape index (κ3) is 5.40. The molecule has 0 bridgehead atoms. The largest absolute Gasteiger partial charge is 0.491 e. The monoisotopic (exact) mass is 354 g/mol. The molecule has 1 fully saturated rings. The summed E-state index contributed by atoms with van der Waals surface area (Å²) in [6, 6.07) is 4.73. The van der Waals surface area contributed by atoms with Gasteiger partial charge in [0.2, 0.25) is 5.91 Å². The van der Waals surface area contributed by atoms with Crippen LogP contribution < -0.4 is 10.1 Å². The third-order valence-electron chi connectivity index (χ3n) is 4.06. The molecule has 1 saturated heterocycles. The van der Waals surface area contributed by atoms with Crippen LogP contribution >= 0.6 is 0 Å². The van der Waals surface area contributed by atoms with Gasteiger partial charge in [0.1, 0.15) is 12.4 Å². The van der Waals surface area contributed by atoms with E-state index in [1.165, 1.54) is 18.2 Å². The first kappa shape index (κ1) is 19.1. The van der Waals surface area contributed by atoms with Crippen molar-refractivity contribution in [3.63, 3.8) is 0 Å². The number of carbonyl (C=O) groups is 1. The van der Waals surface area contributed by atoms with Gasteiger partial charge in [-0.25, -0.2) is 0 Å². The van der Waals surface area contributed by atoms with E-state index in [1.807, 2.05) is 4.90 Å². The average molecular weight is 354 g/mol. The summed E-state index contributed by atoms with van der Waals surface area (Å²) in [4.78, 5) is 14.2. The van der Waals surface area contributed by atoms with E-state index in [9.17, 15) is 18.0 Å². The molecule has 7 heteroatoms. The Kier molecular flexibility index (Phi) is 6.71. The lowest BCUT2D eigenvalue weighted by molar-refractivity contribution is -0.139. The third-order valence-corrected chi connectivity index (χ3v) is 4.06. The first-order chi connectivity index (χ1) is 11.9. The maximum absolute atomic E-state index is 12.9. The molecule has 0 aromatic heterocycles. The van der Waals surface area contributed by atoms with Gasteiger partial charge in [-0.05, 0) is 31.5 Å². The Bertz CT molecular complexity index is 625. The van der Waals surface area contributed by atoms with Gasteiger partial charge in [0.15, 0.2) is 0 Å². The molecule has 25 heavy (non-hydrogen) atoms. The van der Waals surface area contributed by atoms with Gasteiger partial charge >= 0.3 is 6.18 Å². The second-order valence-electron chi connectivity index (χ2n) is 5.82. The second-order valence-corrected chi connectivity index (χ2v) is 5.82. The van der Waals surface area contributed by atoms with Crippen LogP contribution in [0.4, 0.5) is 13.2 Å². The lowest BCUT2D eigenvalue weighted by Crippen LogP contribution is -2.50. The summed E-state index contributed by atoms with van der Waals surface area (Å²) >= 11 is 0. The molecule has 1 amide bonds. The summed E-state index contributed by atoms with van der Waals surface area (Å²) in [7, 11) is 0. The van der Waals surface area contributed by atoms with Gasteiger partial charge in [0.05, 0.1) is 24.7 Å². The van der Waals surface area contributed by atoms with Crippen molar-refractivity contribution in [3.8, 4) is 18.1 Å². The Labute approximate surface area is 145 Å². The number of likely N-dealkylation sites (tertiary alicyclic amines) is 1. The maximum atomic E-state index is 12.9. The number of halogens is 3. The van der Waals surface area contributed by atoms with Crippen LogP contribution in [0.2, 0.25) is 0 Å². The minimum Gasteiger partial charge on any atom is -0.491 e.